The average Bonchev–Trinajstić information content (AvgIpc) is 3.46. The van der Waals surface area contributed by atoms with Crippen molar-refractivity contribution < 1.29 is 17.9 Å². The van der Waals surface area contributed by atoms with Crippen LogP contribution in [0.5, 0.6) is 0 Å². The van der Waals surface area contributed by atoms with E-state index in [4.69, 9.17) is 37.7 Å². The number of anilines is 1. The second kappa shape index (κ2) is 10.7. The van der Waals surface area contributed by atoms with Crippen LogP contribution in [0.1, 0.15) is 55.0 Å². The van der Waals surface area contributed by atoms with Gasteiger partial charge < -0.3 is 14.4 Å². The van der Waals surface area contributed by atoms with Gasteiger partial charge in [-0.25, -0.2) is 18.8 Å². The predicted octanol–water partition coefficient (Wildman–Crippen LogP) is 3.37. The van der Waals surface area contributed by atoms with Crippen molar-refractivity contribution in [2.75, 3.05) is 36.6 Å². The number of sulfone groups is 1. The molecule has 5 heterocycles. The zero-order chi connectivity index (χ0) is 28.2. The molecule has 3 aliphatic heterocycles. The number of halogens is 2. The van der Waals surface area contributed by atoms with Crippen molar-refractivity contribution in [3.8, 4) is 6.07 Å². The molecule has 0 bridgehead atoms. The number of aromatic nitrogens is 2. The van der Waals surface area contributed by atoms with E-state index in [1.807, 2.05) is 24.1 Å². The molecular formula is C27H32Cl2N6O4S. The van der Waals surface area contributed by atoms with E-state index in [1.54, 1.807) is 19.5 Å². The molecule has 1 spiro atoms. The SMILES string of the molecule is COC1CC2NNC(c3cnc(N4CC5(CCS(=O)(=O)C5)C4)c(C#N)c3)C2CC1O[C@H](C)c1c(Cl)cncc1Cl. The summed E-state index contributed by atoms with van der Waals surface area (Å²) in [4.78, 5) is 10.8. The van der Waals surface area contributed by atoms with Crippen LogP contribution in [0.2, 0.25) is 10.0 Å². The second-order valence-electron chi connectivity index (χ2n) is 11.6. The van der Waals surface area contributed by atoms with Crippen LogP contribution in [0.4, 0.5) is 5.82 Å². The quantitative estimate of drug-likeness (QED) is 0.504. The third-order valence-corrected chi connectivity index (χ3v) is 11.4. The van der Waals surface area contributed by atoms with Crippen LogP contribution in [0, 0.1) is 22.7 Å². The van der Waals surface area contributed by atoms with Gasteiger partial charge in [-0.1, -0.05) is 23.2 Å². The van der Waals surface area contributed by atoms with Gasteiger partial charge in [0.2, 0.25) is 0 Å². The molecule has 2 aromatic heterocycles. The van der Waals surface area contributed by atoms with Gasteiger partial charge in [-0.15, -0.1) is 0 Å². The highest BCUT2D eigenvalue weighted by molar-refractivity contribution is 7.91. The summed E-state index contributed by atoms with van der Waals surface area (Å²) < 4.78 is 36.4. The topological polar surface area (TPSA) is 129 Å². The minimum atomic E-state index is -2.97. The number of ether oxygens (including phenoxy) is 2. The van der Waals surface area contributed by atoms with Gasteiger partial charge in [-0.3, -0.25) is 10.4 Å². The summed E-state index contributed by atoms with van der Waals surface area (Å²) in [5, 5.41) is 10.9. The highest BCUT2D eigenvalue weighted by Gasteiger charge is 2.51. The molecule has 3 saturated heterocycles. The number of hydrazine groups is 1. The Morgan fingerprint density at radius 3 is 2.58 bits per heavy atom. The van der Waals surface area contributed by atoms with E-state index in [-0.39, 0.29) is 53.2 Å². The third kappa shape index (κ3) is 5.09. The van der Waals surface area contributed by atoms with Gasteiger partial charge in [0.1, 0.15) is 11.9 Å². The molecule has 4 aliphatic rings. The first-order chi connectivity index (χ1) is 19.1. The Labute approximate surface area is 244 Å². The lowest BCUT2D eigenvalue weighted by Gasteiger charge is -2.48. The first-order valence-corrected chi connectivity index (χ1v) is 16.0. The van der Waals surface area contributed by atoms with Crippen LogP contribution in [0.15, 0.2) is 24.7 Å². The van der Waals surface area contributed by atoms with Crippen LogP contribution < -0.4 is 15.8 Å². The molecule has 2 N–H and O–H groups in total. The molecule has 5 unspecified atom stereocenters. The smallest absolute Gasteiger partial charge is 0.151 e. The number of hydrogen-bond donors (Lipinski definition) is 2. The number of methoxy groups -OCH3 is 1. The van der Waals surface area contributed by atoms with Crippen molar-refractivity contribution in [1.29, 1.82) is 5.26 Å². The Bertz CT molecular complexity index is 1430. The van der Waals surface area contributed by atoms with Gasteiger partial charge in [0.05, 0.1) is 51.5 Å². The minimum absolute atomic E-state index is 0.0753. The lowest BCUT2D eigenvalue weighted by atomic mass is 9.76. The molecule has 1 saturated carbocycles. The maximum Gasteiger partial charge on any atom is 0.151 e. The van der Waals surface area contributed by atoms with Crippen LogP contribution in [0.25, 0.3) is 0 Å². The molecule has 4 fully saturated rings. The fourth-order valence-electron chi connectivity index (χ4n) is 6.98. The number of fused-ring (bicyclic) bond motifs is 1. The summed E-state index contributed by atoms with van der Waals surface area (Å²) in [7, 11) is -1.27. The van der Waals surface area contributed by atoms with Crippen molar-refractivity contribution in [2.45, 2.75) is 56.6 Å². The maximum atomic E-state index is 12.0. The number of rotatable bonds is 6. The molecule has 6 atom stereocenters. The minimum Gasteiger partial charge on any atom is -0.379 e. The molecule has 6 rings (SSSR count). The normalized spacial score (nSPS) is 31.0. The zero-order valence-electron chi connectivity index (χ0n) is 22.3. The highest BCUT2D eigenvalue weighted by atomic mass is 35.5. The van der Waals surface area contributed by atoms with Crippen molar-refractivity contribution >= 4 is 38.9 Å². The molecule has 0 aromatic carbocycles. The second-order valence-corrected chi connectivity index (χ2v) is 14.6. The van der Waals surface area contributed by atoms with Crippen LogP contribution in [0.3, 0.4) is 0 Å². The monoisotopic (exact) mass is 606 g/mol. The molecule has 2 aromatic rings. The summed E-state index contributed by atoms with van der Waals surface area (Å²) >= 11 is 12.8. The zero-order valence-corrected chi connectivity index (χ0v) is 24.6. The lowest BCUT2D eigenvalue weighted by molar-refractivity contribution is -0.117. The summed E-state index contributed by atoms with van der Waals surface area (Å²) in [6.07, 6.45) is 6.41. The van der Waals surface area contributed by atoms with Gasteiger partial charge in [0.25, 0.3) is 0 Å². The Kier molecular flexibility index (Phi) is 7.49. The van der Waals surface area contributed by atoms with Crippen molar-refractivity contribution in [3.63, 3.8) is 0 Å². The first kappa shape index (κ1) is 28.1. The summed E-state index contributed by atoms with van der Waals surface area (Å²) in [6.45, 7) is 3.15. The number of pyridine rings is 2. The first-order valence-electron chi connectivity index (χ1n) is 13.5. The van der Waals surface area contributed by atoms with E-state index in [2.05, 4.69) is 21.9 Å². The molecule has 1 aliphatic carbocycles. The molecule has 214 valence electrons. The van der Waals surface area contributed by atoms with Gasteiger partial charge in [-0.05, 0) is 43.7 Å². The van der Waals surface area contributed by atoms with Crippen molar-refractivity contribution in [1.82, 2.24) is 20.8 Å². The van der Waals surface area contributed by atoms with E-state index >= 15 is 0 Å². The molecular weight excluding hydrogens is 575 g/mol. The summed E-state index contributed by atoms with van der Waals surface area (Å²) in [5.41, 5.74) is 8.75. The van der Waals surface area contributed by atoms with Crippen molar-refractivity contribution in [3.05, 3.63) is 51.4 Å². The average molecular weight is 608 g/mol. The molecule has 0 radical (unpaired) electrons. The summed E-state index contributed by atoms with van der Waals surface area (Å²) in [6, 6.07) is 4.29. The van der Waals surface area contributed by atoms with Gasteiger partial charge in [0.15, 0.2) is 9.84 Å². The van der Waals surface area contributed by atoms with Crippen LogP contribution >= 0.6 is 23.2 Å². The summed E-state index contributed by atoms with van der Waals surface area (Å²) in [5.74, 6) is 1.26. The van der Waals surface area contributed by atoms with Crippen LogP contribution in [-0.4, -0.2) is 68.3 Å². The Morgan fingerprint density at radius 2 is 1.93 bits per heavy atom. The highest BCUT2D eigenvalue weighted by Crippen LogP contribution is 2.45. The van der Waals surface area contributed by atoms with Gasteiger partial charge in [0, 0.05) is 55.8 Å². The molecule has 0 amide bonds. The van der Waals surface area contributed by atoms with E-state index in [0.29, 0.717) is 52.9 Å². The van der Waals surface area contributed by atoms with E-state index in [9.17, 15) is 13.7 Å². The number of nitriles is 1. The Balaban J connectivity index is 1.18. The number of nitrogens with one attached hydrogen (secondary N) is 2. The predicted molar refractivity (Wildman–Crippen MR) is 151 cm³/mol. The maximum absolute atomic E-state index is 12.0. The molecule has 10 nitrogen and oxygen atoms in total. The van der Waals surface area contributed by atoms with E-state index in [1.165, 1.54) is 0 Å². The fourth-order valence-corrected chi connectivity index (χ4v) is 9.80. The third-order valence-electron chi connectivity index (χ3n) is 8.94. The van der Waals surface area contributed by atoms with E-state index in [0.717, 1.165) is 12.0 Å². The molecule has 40 heavy (non-hydrogen) atoms. The Morgan fingerprint density at radius 1 is 1.18 bits per heavy atom. The molecule has 13 heteroatoms. The van der Waals surface area contributed by atoms with Crippen molar-refractivity contribution in [2.24, 2.45) is 11.3 Å². The van der Waals surface area contributed by atoms with E-state index < -0.39 is 9.84 Å². The van der Waals surface area contributed by atoms with Gasteiger partial charge in [-0.2, -0.15) is 5.26 Å². The largest absolute Gasteiger partial charge is 0.379 e. The van der Waals surface area contributed by atoms with Crippen LogP contribution in [-0.2, 0) is 19.3 Å². The van der Waals surface area contributed by atoms with Gasteiger partial charge >= 0.3 is 0 Å². The number of nitrogens with zero attached hydrogens (tertiary/aromatic N) is 4. The Hall–Kier alpha value is -2.04. The fraction of sp³-hybridized carbons (Fsp3) is 0.593. The standard InChI is InChI=1S/C27H32Cl2N6O4S/c1-15(24-19(28)10-31-11-20(24)29)39-23-6-18-21(7-22(23)38-2)33-34-25(18)17-5-16(8-30)26(32-9-17)35-12-27(13-35)3-4-40(36,37)14-27/h5,9-11,15,18,21-23,25,33-34H,3-4,6-7,12-14H2,1-2H3/t15-,18?,21?,22?,23?,25?/m1/s1. The number of hydrogen-bond acceptors (Lipinski definition) is 10. The lowest BCUT2D eigenvalue weighted by Crippen LogP contribution is -2.57.